The Hall–Kier alpha value is -1.51. The average Bonchev–Trinajstić information content (AvgIpc) is 2.41. The molecule has 0 saturated heterocycles. The van der Waals surface area contributed by atoms with Crippen LogP contribution in [0.4, 0.5) is 4.79 Å². The molecule has 0 saturated carbocycles. The molecule has 0 unspecified atom stereocenters. The highest BCUT2D eigenvalue weighted by atomic mass is 16.4. The van der Waals surface area contributed by atoms with Crippen molar-refractivity contribution in [3.05, 3.63) is 34.9 Å². The minimum absolute atomic E-state index is 0.560. The summed E-state index contributed by atoms with van der Waals surface area (Å²) in [6, 6.07) is 6.59. The van der Waals surface area contributed by atoms with Crippen molar-refractivity contribution in [1.29, 1.82) is 0 Å². The maximum absolute atomic E-state index is 11.0. The Morgan fingerprint density at radius 1 is 1.05 bits per heavy atom. The fourth-order valence-electron chi connectivity index (χ4n) is 2.51. The minimum Gasteiger partial charge on any atom is -0.465 e. The summed E-state index contributed by atoms with van der Waals surface area (Å²) in [5.74, 6) is 0. The molecule has 0 atom stereocenters. The predicted molar refractivity (Wildman–Crippen MR) is 87.9 cm³/mol. The van der Waals surface area contributed by atoms with Crippen molar-refractivity contribution in [2.45, 2.75) is 71.8 Å². The number of aryl methyl sites for hydroxylation is 2. The third-order valence-corrected chi connectivity index (χ3v) is 3.83. The van der Waals surface area contributed by atoms with Gasteiger partial charge in [-0.05, 0) is 56.2 Å². The van der Waals surface area contributed by atoms with Crippen LogP contribution in [0.5, 0.6) is 0 Å². The number of carboxylic acid groups (broad SMARTS) is 1. The van der Waals surface area contributed by atoms with E-state index in [-0.39, 0.29) is 0 Å². The van der Waals surface area contributed by atoms with E-state index in [0.29, 0.717) is 0 Å². The maximum atomic E-state index is 11.0. The van der Waals surface area contributed by atoms with Crippen LogP contribution in [-0.4, -0.2) is 11.2 Å². The Bertz CT molecular complexity index is 440. The van der Waals surface area contributed by atoms with E-state index in [2.05, 4.69) is 37.4 Å². The molecule has 0 aliphatic carbocycles. The van der Waals surface area contributed by atoms with Gasteiger partial charge in [0, 0.05) is 0 Å². The minimum atomic E-state index is -0.978. The quantitative estimate of drug-likeness (QED) is 0.717. The second-order valence-electron chi connectivity index (χ2n) is 6.30. The maximum Gasteiger partial charge on any atom is 0.405 e. The van der Waals surface area contributed by atoms with Gasteiger partial charge in [-0.15, -0.1) is 0 Å². The summed E-state index contributed by atoms with van der Waals surface area (Å²) < 4.78 is 0. The van der Waals surface area contributed by atoms with E-state index in [1.165, 1.54) is 36.8 Å². The zero-order valence-electron chi connectivity index (χ0n) is 13.8. The molecule has 118 valence electrons. The van der Waals surface area contributed by atoms with Gasteiger partial charge in [-0.3, -0.25) is 0 Å². The van der Waals surface area contributed by atoms with Gasteiger partial charge in [0.05, 0.1) is 5.54 Å². The average molecular weight is 291 g/mol. The van der Waals surface area contributed by atoms with Crippen molar-refractivity contribution < 1.29 is 9.90 Å². The lowest BCUT2D eigenvalue weighted by atomic mass is 9.89. The highest BCUT2D eigenvalue weighted by Gasteiger charge is 2.23. The third-order valence-electron chi connectivity index (χ3n) is 3.83. The topological polar surface area (TPSA) is 49.3 Å². The van der Waals surface area contributed by atoms with Gasteiger partial charge in [0.25, 0.3) is 0 Å². The van der Waals surface area contributed by atoms with Crippen molar-refractivity contribution >= 4 is 6.09 Å². The summed E-state index contributed by atoms with van der Waals surface area (Å²) in [4.78, 5) is 11.0. The van der Waals surface area contributed by atoms with Gasteiger partial charge in [-0.25, -0.2) is 4.79 Å². The van der Waals surface area contributed by atoms with E-state index in [1.807, 2.05) is 13.8 Å². The lowest BCUT2D eigenvalue weighted by molar-refractivity contribution is 0.182. The van der Waals surface area contributed by atoms with E-state index in [1.54, 1.807) is 0 Å². The molecule has 0 fully saturated rings. The van der Waals surface area contributed by atoms with Gasteiger partial charge in [-0.1, -0.05) is 44.9 Å². The third kappa shape index (κ3) is 5.78. The van der Waals surface area contributed by atoms with Crippen LogP contribution in [0.1, 0.15) is 70.1 Å². The van der Waals surface area contributed by atoms with Gasteiger partial charge < -0.3 is 10.4 Å². The van der Waals surface area contributed by atoms with E-state index < -0.39 is 11.6 Å². The molecule has 21 heavy (non-hydrogen) atoms. The van der Waals surface area contributed by atoms with Gasteiger partial charge in [0.2, 0.25) is 0 Å². The molecular weight excluding hydrogens is 262 g/mol. The van der Waals surface area contributed by atoms with Crippen LogP contribution in [0, 0.1) is 0 Å². The second-order valence-corrected chi connectivity index (χ2v) is 6.30. The number of unbranched alkanes of at least 4 members (excludes halogenated alkanes) is 2. The molecule has 2 N–H and O–H groups in total. The lowest BCUT2D eigenvalue weighted by Crippen LogP contribution is -2.40. The first-order chi connectivity index (χ1) is 9.89. The van der Waals surface area contributed by atoms with Gasteiger partial charge in [0.1, 0.15) is 0 Å². The second kappa shape index (κ2) is 8.06. The first kappa shape index (κ1) is 17.5. The summed E-state index contributed by atoms with van der Waals surface area (Å²) in [5, 5.41) is 11.6. The zero-order valence-corrected chi connectivity index (χ0v) is 13.8. The van der Waals surface area contributed by atoms with Gasteiger partial charge in [0.15, 0.2) is 0 Å². The van der Waals surface area contributed by atoms with Crippen molar-refractivity contribution in [3.63, 3.8) is 0 Å². The molecule has 1 rings (SSSR count). The molecule has 1 amide bonds. The summed E-state index contributed by atoms with van der Waals surface area (Å²) in [7, 11) is 0. The number of hydrogen-bond acceptors (Lipinski definition) is 1. The zero-order chi connectivity index (χ0) is 15.9. The summed E-state index contributed by atoms with van der Waals surface area (Å²) in [6.45, 7) is 8.23. The SMILES string of the molecule is CCCCc1cc(CCCC)cc(C(C)(C)NC(=O)O)c1. The Morgan fingerprint density at radius 2 is 1.52 bits per heavy atom. The van der Waals surface area contributed by atoms with Gasteiger partial charge >= 0.3 is 6.09 Å². The first-order valence-electron chi connectivity index (χ1n) is 8.03. The molecule has 0 aliphatic heterocycles. The summed E-state index contributed by atoms with van der Waals surface area (Å²) in [6.07, 6.45) is 5.83. The molecule has 0 aliphatic rings. The summed E-state index contributed by atoms with van der Waals surface area (Å²) in [5.41, 5.74) is 3.14. The number of rotatable bonds is 8. The lowest BCUT2D eigenvalue weighted by Gasteiger charge is -2.26. The molecule has 3 heteroatoms. The van der Waals surface area contributed by atoms with Crippen LogP contribution in [0.2, 0.25) is 0 Å². The number of carbonyl (C=O) groups is 1. The van der Waals surface area contributed by atoms with Crippen LogP contribution in [-0.2, 0) is 18.4 Å². The summed E-state index contributed by atoms with van der Waals surface area (Å²) >= 11 is 0. The highest BCUT2D eigenvalue weighted by molar-refractivity contribution is 5.66. The number of nitrogens with one attached hydrogen (secondary N) is 1. The molecular formula is C18H29NO2. The molecule has 0 heterocycles. The molecule has 0 radical (unpaired) electrons. The number of amides is 1. The van der Waals surface area contributed by atoms with Crippen LogP contribution < -0.4 is 5.32 Å². The predicted octanol–water partition coefficient (Wildman–Crippen LogP) is 4.87. The monoisotopic (exact) mass is 291 g/mol. The molecule has 3 nitrogen and oxygen atoms in total. The Balaban J connectivity index is 3.07. The Labute approximate surface area is 128 Å². The van der Waals surface area contributed by atoms with Crippen molar-refractivity contribution in [2.24, 2.45) is 0 Å². The van der Waals surface area contributed by atoms with Crippen molar-refractivity contribution in [2.75, 3.05) is 0 Å². The Kier molecular flexibility index (Phi) is 6.73. The standard InChI is InChI=1S/C18H29NO2/c1-5-7-9-14-11-15(10-8-6-2)13-16(12-14)18(3,4)19-17(20)21/h11-13,19H,5-10H2,1-4H3,(H,20,21). The van der Waals surface area contributed by atoms with Crippen molar-refractivity contribution in [3.8, 4) is 0 Å². The van der Waals surface area contributed by atoms with E-state index in [4.69, 9.17) is 5.11 Å². The van der Waals surface area contributed by atoms with Crippen LogP contribution in [0.3, 0.4) is 0 Å². The van der Waals surface area contributed by atoms with Crippen LogP contribution in [0.15, 0.2) is 18.2 Å². The molecule has 0 spiro atoms. The van der Waals surface area contributed by atoms with Gasteiger partial charge in [-0.2, -0.15) is 0 Å². The molecule has 1 aromatic carbocycles. The van der Waals surface area contributed by atoms with E-state index in [0.717, 1.165) is 18.4 Å². The fourth-order valence-corrected chi connectivity index (χ4v) is 2.51. The number of hydrogen-bond donors (Lipinski definition) is 2. The van der Waals surface area contributed by atoms with Crippen LogP contribution >= 0.6 is 0 Å². The largest absolute Gasteiger partial charge is 0.465 e. The fraction of sp³-hybridized carbons (Fsp3) is 0.611. The molecule has 0 bridgehead atoms. The highest BCUT2D eigenvalue weighted by Crippen LogP contribution is 2.24. The smallest absolute Gasteiger partial charge is 0.405 e. The van der Waals surface area contributed by atoms with Crippen LogP contribution in [0.25, 0.3) is 0 Å². The Morgan fingerprint density at radius 3 is 1.90 bits per heavy atom. The first-order valence-corrected chi connectivity index (χ1v) is 8.03. The molecule has 1 aromatic rings. The van der Waals surface area contributed by atoms with E-state index >= 15 is 0 Å². The van der Waals surface area contributed by atoms with Crippen molar-refractivity contribution in [1.82, 2.24) is 5.32 Å². The van der Waals surface area contributed by atoms with E-state index in [9.17, 15) is 4.79 Å². The number of benzene rings is 1. The molecule has 0 aromatic heterocycles. The normalized spacial score (nSPS) is 11.4.